The molecule has 0 aromatic heterocycles. The maximum atomic E-state index is 13.0. The van der Waals surface area contributed by atoms with Crippen LogP contribution >= 0.6 is 0 Å². The lowest BCUT2D eigenvalue weighted by atomic mass is 10.1. The molecule has 0 radical (unpaired) electrons. The van der Waals surface area contributed by atoms with E-state index in [1.807, 2.05) is 20.8 Å². The Morgan fingerprint density at radius 2 is 0.868 bits per heavy atom. The van der Waals surface area contributed by atoms with Crippen LogP contribution in [-0.2, 0) is 28.0 Å². The average molecular weight is 1130 g/mol. The molecule has 3 aromatic carbocycles. The van der Waals surface area contributed by atoms with Gasteiger partial charge < -0.3 is 51.6 Å². The minimum absolute atomic E-state index is 0. The Bertz CT molecular complexity index is 2430. The number of rotatable bonds is 7. The molecule has 0 unspecified atom stereocenters. The van der Waals surface area contributed by atoms with Crippen LogP contribution in [-0.4, -0.2) is 111 Å². The SMILES string of the molecule is CC(C)(C)OC(=O)N1CCC(O)CC1.CC(C)(C)OC(=O)N1CCC(Oc2ccc([N+](=O)[O-])c(C(F)(F)F)c2)CC1.O=[N+]([O-])c1ccc(F)cc1C(F)(F)F.O=[N+]([O-])c1ccc(OC2CC[NH2+]CC2)cc1C(F)(F)F.[Cl-]. The minimum atomic E-state index is -4.93. The van der Waals surface area contributed by atoms with E-state index < -0.39 is 96.3 Å². The molecule has 0 aliphatic carbocycles. The van der Waals surface area contributed by atoms with Crippen LogP contribution in [0, 0.1) is 36.2 Å². The molecule has 0 saturated carbocycles. The highest BCUT2D eigenvalue weighted by Gasteiger charge is 2.41. The summed E-state index contributed by atoms with van der Waals surface area (Å²) < 4.78 is 148. The van der Waals surface area contributed by atoms with Crippen molar-refractivity contribution in [3.63, 3.8) is 0 Å². The third kappa shape index (κ3) is 22.0. The fraction of sp³-hybridized carbons (Fsp3) is 0.565. The largest absolute Gasteiger partial charge is 1.00 e. The fourth-order valence-corrected chi connectivity index (χ4v) is 7.10. The quantitative estimate of drug-likeness (QED) is 0.135. The van der Waals surface area contributed by atoms with Gasteiger partial charge in [0.1, 0.15) is 57.4 Å². The predicted octanol–water partition coefficient (Wildman–Crippen LogP) is 7.25. The molecule has 426 valence electrons. The van der Waals surface area contributed by atoms with Gasteiger partial charge in [0.15, 0.2) is 0 Å². The van der Waals surface area contributed by atoms with E-state index >= 15 is 0 Å². The number of nitro benzene ring substituents is 3. The van der Waals surface area contributed by atoms with Crippen LogP contribution in [0.2, 0.25) is 0 Å². The Hall–Kier alpha value is -6.49. The smallest absolute Gasteiger partial charge is 0.423 e. The molecule has 3 fully saturated rings. The van der Waals surface area contributed by atoms with Crippen molar-refractivity contribution >= 4 is 29.2 Å². The number of ether oxygens (including phenoxy) is 4. The van der Waals surface area contributed by atoms with E-state index in [9.17, 15) is 88.9 Å². The standard InChI is InChI=1S/C17H21F3N2O5.C12H13F3N2O3.C10H19NO3.C7H3F4NO2.ClH/c1-16(2,3)27-15(23)21-8-6-11(7-9-21)26-12-4-5-14(22(24)25)13(10-12)17(18,19)20;13-12(14,15)10-7-9(1-2-11(10)17(18)19)20-8-3-5-16-6-4-8;1-10(2,3)14-9(13)11-6-4-8(12)5-7-11;8-4-1-2-6(12(13)14)5(3-4)7(9,10)11;/h4-5,10-11H,6-9H2,1-3H3;1-2,7-8,16H,3-6H2;8,12H,4-7H2,1-3H3;1-3H;1H. The summed E-state index contributed by atoms with van der Waals surface area (Å²) in [7, 11) is 0. The van der Waals surface area contributed by atoms with Gasteiger partial charge in [-0.25, -0.2) is 14.0 Å². The van der Waals surface area contributed by atoms with E-state index in [2.05, 4.69) is 5.32 Å². The van der Waals surface area contributed by atoms with Crippen molar-refractivity contribution in [1.29, 1.82) is 0 Å². The topological polar surface area (TPSA) is 244 Å². The Morgan fingerprint density at radius 1 is 0.553 bits per heavy atom. The number of alkyl halides is 9. The molecule has 76 heavy (non-hydrogen) atoms. The van der Waals surface area contributed by atoms with Crippen LogP contribution in [0.1, 0.15) is 96.8 Å². The number of halogens is 11. The molecule has 3 aliphatic heterocycles. The second-order valence-electron chi connectivity index (χ2n) is 19.0. The summed E-state index contributed by atoms with van der Waals surface area (Å²) in [5.41, 5.74) is -8.39. The van der Waals surface area contributed by atoms with Gasteiger partial charge in [-0.3, -0.25) is 30.3 Å². The summed E-state index contributed by atoms with van der Waals surface area (Å²) in [6, 6.07) is 6.51. The normalized spacial score (nSPS) is 15.9. The van der Waals surface area contributed by atoms with Crippen LogP contribution in [0.4, 0.5) is 70.6 Å². The van der Waals surface area contributed by atoms with E-state index in [0.29, 0.717) is 76.1 Å². The lowest BCUT2D eigenvalue weighted by Gasteiger charge is -2.33. The van der Waals surface area contributed by atoms with Crippen LogP contribution < -0.4 is 27.2 Å². The molecule has 0 atom stereocenters. The lowest BCUT2D eigenvalue weighted by Crippen LogP contribution is -3.00. The highest BCUT2D eigenvalue weighted by molar-refractivity contribution is 5.68. The number of hydrogen-bond donors (Lipinski definition) is 2. The molecule has 0 bridgehead atoms. The van der Waals surface area contributed by atoms with E-state index in [1.54, 1.807) is 25.7 Å². The number of carbonyl (C=O) groups excluding carboxylic acids is 2. The molecule has 3 aromatic rings. The Balaban J connectivity index is 0.000000359. The molecule has 3 N–H and O–H groups in total. The second kappa shape index (κ2) is 27.5. The van der Waals surface area contributed by atoms with Crippen molar-refractivity contribution in [2.24, 2.45) is 0 Å². The summed E-state index contributed by atoms with van der Waals surface area (Å²) in [5.74, 6) is -1.23. The highest BCUT2D eigenvalue weighted by atomic mass is 35.5. The lowest BCUT2D eigenvalue weighted by molar-refractivity contribution is -0.664. The van der Waals surface area contributed by atoms with Gasteiger partial charge in [0.25, 0.3) is 17.1 Å². The van der Waals surface area contributed by atoms with Crippen LogP contribution in [0.15, 0.2) is 54.6 Å². The summed E-state index contributed by atoms with van der Waals surface area (Å²) in [6.45, 7) is 14.4. The number of quaternary nitrogens is 1. The minimum Gasteiger partial charge on any atom is -1.00 e. The van der Waals surface area contributed by atoms with Crippen molar-refractivity contribution in [3.05, 3.63) is 107 Å². The van der Waals surface area contributed by atoms with Gasteiger partial charge in [-0.15, -0.1) is 0 Å². The Kier molecular flexibility index (Phi) is 23.8. The maximum Gasteiger partial charge on any atom is 0.423 e. The van der Waals surface area contributed by atoms with E-state index in [4.69, 9.17) is 18.9 Å². The zero-order valence-corrected chi connectivity index (χ0v) is 42.5. The molecule has 6 rings (SSSR count). The monoisotopic (exact) mass is 1130 g/mol. The van der Waals surface area contributed by atoms with Crippen molar-refractivity contribution in [2.45, 2.75) is 128 Å². The summed E-state index contributed by atoms with van der Waals surface area (Å²) in [4.78, 5) is 55.0. The molecule has 3 heterocycles. The molecule has 0 spiro atoms. The summed E-state index contributed by atoms with van der Waals surface area (Å²) in [6.07, 6.45) is -12.4. The van der Waals surface area contributed by atoms with Crippen LogP contribution in [0.5, 0.6) is 11.5 Å². The zero-order valence-electron chi connectivity index (χ0n) is 41.7. The number of aliphatic hydroxyl groups excluding tert-OH is 1. The number of nitrogens with two attached hydrogens (primary N) is 1. The second-order valence-corrected chi connectivity index (χ2v) is 19.0. The van der Waals surface area contributed by atoms with E-state index in [0.717, 1.165) is 44.1 Å². The molecule has 2 amide bonds. The number of carbonyl (C=O) groups is 2. The molecular weight excluding hydrogens is 1070 g/mol. The van der Waals surface area contributed by atoms with Crippen LogP contribution in [0.25, 0.3) is 0 Å². The van der Waals surface area contributed by atoms with Gasteiger partial charge in [0, 0.05) is 70.1 Å². The van der Waals surface area contributed by atoms with E-state index in [-0.39, 0.29) is 48.3 Å². The summed E-state index contributed by atoms with van der Waals surface area (Å²) >= 11 is 0. The Morgan fingerprint density at radius 3 is 1.20 bits per heavy atom. The van der Waals surface area contributed by atoms with Gasteiger partial charge in [0.05, 0.1) is 34.0 Å². The number of nitrogens with zero attached hydrogens (tertiary/aromatic N) is 5. The first kappa shape index (κ1) is 65.6. The van der Waals surface area contributed by atoms with Crippen LogP contribution in [0.3, 0.4) is 0 Å². The number of amides is 2. The van der Waals surface area contributed by atoms with Gasteiger partial charge in [0.2, 0.25) is 0 Å². The molecule has 19 nitrogen and oxygen atoms in total. The third-order valence-electron chi connectivity index (χ3n) is 10.6. The number of nitro groups is 3. The van der Waals surface area contributed by atoms with Gasteiger partial charge in [-0.05, 0) is 90.8 Å². The first-order valence-corrected chi connectivity index (χ1v) is 23.0. The number of benzene rings is 3. The third-order valence-corrected chi connectivity index (χ3v) is 10.6. The van der Waals surface area contributed by atoms with Gasteiger partial charge in [-0.2, -0.15) is 39.5 Å². The molecule has 30 heteroatoms. The van der Waals surface area contributed by atoms with Crippen molar-refractivity contribution < 1.29 is 110 Å². The van der Waals surface area contributed by atoms with E-state index in [1.165, 1.54) is 11.0 Å². The van der Waals surface area contributed by atoms with Gasteiger partial charge in [-0.1, -0.05) is 0 Å². The fourth-order valence-electron chi connectivity index (χ4n) is 7.10. The molecule has 3 saturated heterocycles. The first-order valence-electron chi connectivity index (χ1n) is 23.0. The zero-order chi connectivity index (χ0) is 56.9. The average Bonchev–Trinajstić information content (AvgIpc) is 3.28. The molecular formula is C46H57ClF10N6O13. The van der Waals surface area contributed by atoms with Crippen molar-refractivity contribution in [3.8, 4) is 11.5 Å². The predicted molar refractivity (Wildman–Crippen MR) is 244 cm³/mol. The number of piperidine rings is 3. The maximum absolute atomic E-state index is 13.0. The Labute approximate surface area is 434 Å². The van der Waals surface area contributed by atoms with Crippen molar-refractivity contribution in [2.75, 3.05) is 39.3 Å². The van der Waals surface area contributed by atoms with Crippen molar-refractivity contribution in [1.82, 2.24) is 9.80 Å². The highest BCUT2D eigenvalue weighted by Crippen LogP contribution is 2.40. The number of likely N-dealkylation sites (tertiary alicyclic amines) is 2. The number of hydrogen-bond acceptors (Lipinski definition) is 13. The van der Waals surface area contributed by atoms with Gasteiger partial charge >= 0.3 is 30.7 Å². The molecule has 3 aliphatic rings. The first-order chi connectivity index (χ1) is 34.4. The summed E-state index contributed by atoms with van der Waals surface area (Å²) in [5, 5.41) is 42.9. The number of aliphatic hydroxyl groups is 1.